The van der Waals surface area contributed by atoms with Crippen molar-refractivity contribution in [3.63, 3.8) is 0 Å². The molecule has 1 aliphatic heterocycles. The first kappa shape index (κ1) is 22.5. The van der Waals surface area contributed by atoms with Crippen molar-refractivity contribution in [3.8, 4) is 33.3 Å². The van der Waals surface area contributed by atoms with Gasteiger partial charge in [-0.2, -0.15) is 10.2 Å². The highest BCUT2D eigenvalue weighted by Crippen LogP contribution is 2.34. The van der Waals surface area contributed by atoms with Crippen molar-refractivity contribution in [2.75, 3.05) is 13.1 Å². The number of likely N-dealkylation sites (tertiary alicyclic amines) is 1. The molecule has 0 aliphatic carbocycles. The zero-order chi connectivity index (χ0) is 24.6. The van der Waals surface area contributed by atoms with Gasteiger partial charge in [0.25, 0.3) is 0 Å². The molecule has 0 atom stereocenters. The monoisotopic (exact) mass is 524 g/mol. The summed E-state index contributed by atoms with van der Waals surface area (Å²) >= 11 is 3.12. The van der Waals surface area contributed by atoms with Gasteiger partial charge in [0, 0.05) is 35.2 Å². The third-order valence-corrected chi connectivity index (χ3v) is 8.37. The van der Waals surface area contributed by atoms with Crippen molar-refractivity contribution >= 4 is 27.6 Å². The maximum Gasteiger partial charge on any atom is 0.213 e. The smallest absolute Gasteiger partial charge is 0.213 e. The van der Waals surface area contributed by atoms with Gasteiger partial charge in [0.2, 0.25) is 10.8 Å². The summed E-state index contributed by atoms with van der Waals surface area (Å²) in [6, 6.07) is 19.2. The van der Waals surface area contributed by atoms with E-state index in [2.05, 4.69) is 73.7 Å². The number of aromatic nitrogens is 7. The minimum atomic E-state index is 0.415. The van der Waals surface area contributed by atoms with Crippen LogP contribution in [-0.4, -0.2) is 52.8 Å². The fourth-order valence-corrected chi connectivity index (χ4v) is 6.21. The number of nitrogens with zero attached hydrogens (tertiary/aromatic N) is 7. The lowest BCUT2D eigenvalue weighted by Gasteiger charge is -2.30. The Morgan fingerprint density at radius 3 is 2.54 bits per heavy atom. The maximum atomic E-state index is 4.88. The quantitative estimate of drug-likeness (QED) is 0.299. The summed E-state index contributed by atoms with van der Waals surface area (Å²) in [5.74, 6) is 2.10. The third kappa shape index (κ3) is 4.37. The predicted molar refractivity (Wildman–Crippen MR) is 146 cm³/mol. The highest BCUT2D eigenvalue weighted by molar-refractivity contribution is 7.14. The van der Waals surface area contributed by atoms with Gasteiger partial charge in [-0.25, -0.2) is 19.5 Å². The average molecular weight is 525 g/mol. The van der Waals surface area contributed by atoms with E-state index in [4.69, 9.17) is 9.97 Å². The second kappa shape index (κ2) is 9.62. The molecule has 0 radical (unpaired) electrons. The van der Waals surface area contributed by atoms with Crippen molar-refractivity contribution in [3.05, 3.63) is 83.1 Å². The molecule has 1 N–H and O–H groups in total. The van der Waals surface area contributed by atoms with Crippen LogP contribution in [0.15, 0.2) is 71.7 Å². The summed E-state index contributed by atoms with van der Waals surface area (Å²) in [4.78, 5) is 17.3. The van der Waals surface area contributed by atoms with Crippen LogP contribution in [0.25, 0.3) is 38.3 Å². The molecule has 1 aliphatic rings. The molecule has 5 heterocycles. The summed E-state index contributed by atoms with van der Waals surface area (Å²) in [6.45, 7) is 3.03. The van der Waals surface area contributed by atoms with Gasteiger partial charge in [0.15, 0.2) is 5.01 Å². The first-order valence-corrected chi connectivity index (χ1v) is 14.1. The van der Waals surface area contributed by atoms with E-state index in [0.29, 0.717) is 11.7 Å². The number of H-pyrrole nitrogens is 1. The molecule has 1 fully saturated rings. The first-order valence-electron chi connectivity index (χ1n) is 12.3. The molecule has 6 aromatic rings. The maximum absolute atomic E-state index is 4.88. The molecule has 0 amide bonds. The lowest BCUT2D eigenvalue weighted by atomic mass is 9.95. The molecule has 4 aromatic heterocycles. The molecule has 10 heteroatoms. The van der Waals surface area contributed by atoms with E-state index in [1.54, 1.807) is 28.9 Å². The highest BCUT2D eigenvalue weighted by atomic mass is 32.1. The Hall–Kier alpha value is -3.73. The average Bonchev–Trinajstić information content (AvgIpc) is 3.75. The summed E-state index contributed by atoms with van der Waals surface area (Å²) in [5, 5.41) is 14.9. The van der Waals surface area contributed by atoms with Crippen LogP contribution in [0.1, 0.15) is 30.1 Å². The van der Waals surface area contributed by atoms with E-state index < -0.39 is 0 Å². The van der Waals surface area contributed by atoms with Crippen LogP contribution in [-0.2, 0) is 6.54 Å². The molecule has 1 saturated heterocycles. The Balaban J connectivity index is 1.04. The highest BCUT2D eigenvalue weighted by Gasteiger charge is 2.24. The third-order valence-electron chi connectivity index (χ3n) is 6.93. The number of rotatable bonds is 6. The number of fused-ring (bicyclic) bond motifs is 1. The number of piperidine rings is 1. The van der Waals surface area contributed by atoms with Crippen LogP contribution in [0.3, 0.4) is 0 Å². The molecular formula is C27H24N8S2. The molecule has 0 unspecified atom stereocenters. The van der Waals surface area contributed by atoms with Gasteiger partial charge < -0.3 is 0 Å². The van der Waals surface area contributed by atoms with Gasteiger partial charge >= 0.3 is 0 Å². The Kier molecular flexibility index (Phi) is 5.84. The van der Waals surface area contributed by atoms with Gasteiger partial charge in [0.05, 0.1) is 0 Å². The Bertz CT molecular complexity index is 1610. The Morgan fingerprint density at radius 2 is 1.76 bits per heavy atom. The largest absolute Gasteiger partial charge is 0.299 e. The molecular weight excluding hydrogens is 500 g/mol. The fourth-order valence-electron chi connectivity index (χ4n) is 5.03. The van der Waals surface area contributed by atoms with E-state index in [-0.39, 0.29) is 0 Å². The van der Waals surface area contributed by atoms with Crippen LogP contribution in [0, 0.1) is 0 Å². The lowest BCUT2D eigenvalue weighted by molar-refractivity contribution is 0.202. The van der Waals surface area contributed by atoms with Gasteiger partial charge in [-0.15, -0.1) is 11.3 Å². The first-order chi connectivity index (χ1) is 18.3. The van der Waals surface area contributed by atoms with Crippen molar-refractivity contribution in [2.45, 2.75) is 25.3 Å². The van der Waals surface area contributed by atoms with Crippen molar-refractivity contribution in [2.24, 2.45) is 0 Å². The van der Waals surface area contributed by atoms with E-state index in [1.807, 2.05) is 21.5 Å². The Labute approximate surface area is 221 Å². The lowest BCUT2D eigenvalue weighted by Crippen LogP contribution is -2.32. The molecule has 0 spiro atoms. The topological polar surface area (TPSA) is 87.9 Å². The van der Waals surface area contributed by atoms with Crippen LogP contribution in [0.2, 0.25) is 0 Å². The summed E-state index contributed by atoms with van der Waals surface area (Å²) < 4.78 is 1.95. The standard InChI is InChI=1S/C27H24N8S2/c1-2-4-19(5-3-1)22-23(35-27(30-22)37-17-29-35)20-8-6-18(7-9-20)16-34-13-10-21(11-14-34)24-31-25(33-32-24)26-28-12-15-36-26/h1-9,12,15,17,21H,10-11,13-14,16H2,(H,31,32,33). The fraction of sp³-hybridized carbons (Fsp3) is 0.222. The number of thiazole rings is 1. The molecule has 8 nitrogen and oxygen atoms in total. The summed E-state index contributed by atoms with van der Waals surface area (Å²) in [6.07, 6.45) is 3.93. The molecule has 37 heavy (non-hydrogen) atoms. The van der Waals surface area contributed by atoms with Gasteiger partial charge in [-0.05, 0) is 31.5 Å². The van der Waals surface area contributed by atoms with Crippen molar-refractivity contribution < 1.29 is 0 Å². The van der Waals surface area contributed by atoms with Crippen LogP contribution >= 0.6 is 22.7 Å². The predicted octanol–water partition coefficient (Wildman–Crippen LogP) is 5.75. The molecule has 0 bridgehead atoms. The number of hydrogen-bond acceptors (Lipinski definition) is 8. The summed E-state index contributed by atoms with van der Waals surface area (Å²) in [7, 11) is 0. The minimum Gasteiger partial charge on any atom is -0.299 e. The number of imidazole rings is 1. The zero-order valence-electron chi connectivity index (χ0n) is 20.0. The van der Waals surface area contributed by atoms with Crippen molar-refractivity contribution in [1.82, 2.24) is 39.7 Å². The van der Waals surface area contributed by atoms with E-state index in [9.17, 15) is 0 Å². The van der Waals surface area contributed by atoms with Crippen LogP contribution < -0.4 is 0 Å². The number of benzene rings is 2. The molecule has 7 rings (SSSR count). The second-order valence-corrected chi connectivity index (χ2v) is 10.9. The Morgan fingerprint density at radius 1 is 0.919 bits per heavy atom. The normalized spacial score (nSPS) is 15.0. The molecule has 2 aromatic carbocycles. The van der Waals surface area contributed by atoms with E-state index in [0.717, 1.165) is 70.8 Å². The minimum absolute atomic E-state index is 0.415. The van der Waals surface area contributed by atoms with Crippen LogP contribution in [0.5, 0.6) is 0 Å². The van der Waals surface area contributed by atoms with E-state index >= 15 is 0 Å². The second-order valence-electron chi connectivity index (χ2n) is 9.24. The number of aromatic amines is 1. The van der Waals surface area contributed by atoms with Crippen molar-refractivity contribution in [1.29, 1.82) is 0 Å². The summed E-state index contributed by atoms with van der Waals surface area (Å²) in [5.41, 5.74) is 7.40. The van der Waals surface area contributed by atoms with E-state index in [1.165, 1.54) is 5.56 Å². The van der Waals surface area contributed by atoms with Gasteiger partial charge in [0.1, 0.15) is 22.7 Å². The van der Waals surface area contributed by atoms with Gasteiger partial charge in [-0.1, -0.05) is 65.9 Å². The van der Waals surface area contributed by atoms with Crippen LogP contribution in [0.4, 0.5) is 0 Å². The van der Waals surface area contributed by atoms with Gasteiger partial charge in [-0.3, -0.25) is 10.00 Å². The number of nitrogens with one attached hydrogen (secondary N) is 1. The SMILES string of the molecule is c1ccc(-c2nc3scnn3c2-c2ccc(CN3CCC(c4nc(-c5nccs5)n[nH]4)CC3)cc2)cc1. The zero-order valence-corrected chi connectivity index (χ0v) is 21.6. The number of hydrogen-bond donors (Lipinski definition) is 1. The molecule has 0 saturated carbocycles. The molecule has 184 valence electrons.